The molecule has 0 bridgehead atoms. The van der Waals surface area contributed by atoms with Crippen molar-refractivity contribution in [2.45, 2.75) is 18.8 Å². The highest BCUT2D eigenvalue weighted by Gasteiger charge is 2.24. The molecule has 0 saturated carbocycles. The first-order valence-corrected chi connectivity index (χ1v) is 6.36. The Morgan fingerprint density at radius 1 is 1.29 bits per heavy atom. The summed E-state index contributed by atoms with van der Waals surface area (Å²) in [4.78, 5) is 0. The summed E-state index contributed by atoms with van der Waals surface area (Å²) in [7, 11) is 1.37. The molecule has 0 unspecified atom stereocenters. The quantitative estimate of drug-likeness (QED) is 0.847. The van der Waals surface area contributed by atoms with E-state index in [4.69, 9.17) is 4.74 Å². The Morgan fingerprint density at radius 2 is 1.94 bits per heavy atom. The number of piperidine rings is 1. The number of ether oxygens (including phenoxy) is 1. The largest absolute Gasteiger partial charge is 0.493 e. The molecule has 1 saturated heterocycles. The highest BCUT2D eigenvalue weighted by Crippen LogP contribution is 2.38. The molecule has 1 heterocycles. The molecule has 0 aromatic heterocycles. The van der Waals surface area contributed by atoms with Crippen molar-refractivity contribution in [1.82, 2.24) is 5.32 Å². The van der Waals surface area contributed by atoms with E-state index in [2.05, 4.69) is 21.2 Å². The summed E-state index contributed by atoms with van der Waals surface area (Å²) in [5.74, 6) is -1.54. The van der Waals surface area contributed by atoms with Crippen molar-refractivity contribution in [3.63, 3.8) is 0 Å². The molecule has 1 aliphatic heterocycles. The number of halogens is 3. The summed E-state index contributed by atoms with van der Waals surface area (Å²) in [6, 6.07) is 1.63. The zero-order chi connectivity index (χ0) is 12.4. The lowest BCUT2D eigenvalue weighted by molar-refractivity contribution is 0.354. The lowest BCUT2D eigenvalue weighted by Gasteiger charge is -2.25. The Kier molecular flexibility index (Phi) is 3.99. The molecule has 17 heavy (non-hydrogen) atoms. The van der Waals surface area contributed by atoms with E-state index in [0.717, 1.165) is 31.5 Å². The van der Waals surface area contributed by atoms with Gasteiger partial charge in [0, 0.05) is 5.56 Å². The van der Waals surface area contributed by atoms with Gasteiger partial charge in [-0.1, -0.05) is 0 Å². The van der Waals surface area contributed by atoms with Crippen LogP contribution in [0.2, 0.25) is 0 Å². The predicted molar refractivity (Wildman–Crippen MR) is 65.5 cm³/mol. The molecule has 1 aromatic rings. The zero-order valence-electron chi connectivity index (χ0n) is 9.53. The van der Waals surface area contributed by atoms with Crippen molar-refractivity contribution >= 4 is 15.9 Å². The van der Waals surface area contributed by atoms with Crippen LogP contribution in [0.3, 0.4) is 0 Å². The molecule has 0 amide bonds. The van der Waals surface area contributed by atoms with Crippen molar-refractivity contribution in [3.8, 4) is 5.75 Å². The number of benzene rings is 1. The van der Waals surface area contributed by atoms with Gasteiger partial charge in [-0.3, -0.25) is 0 Å². The van der Waals surface area contributed by atoms with Gasteiger partial charge in [0.1, 0.15) is 0 Å². The zero-order valence-corrected chi connectivity index (χ0v) is 11.1. The fourth-order valence-electron chi connectivity index (χ4n) is 2.24. The van der Waals surface area contributed by atoms with Gasteiger partial charge < -0.3 is 10.1 Å². The van der Waals surface area contributed by atoms with Crippen LogP contribution >= 0.6 is 15.9 Å². The summed E-state index contributed by atoms with van der Waals surface area (Å²) in [5.41, 5.74) is 0.750. The summed E-state index contributed by atoms with van der Waals surface area (Å²) < 4.78 is 32.3. The van der Waals surface area contributed by atoms with E-state index in [0.29, 0.717) is 0 Å². The fourth-order valence-corrected chi connectivity index (χ4v) is 2.66. The fraction of sp³-hybridized carbons (Fsp3) is 0.500. The number of hydrogen-bond acceptors (Lipinski definition) is 2. The number of nitrogens with one attached hydrogen (secondary N) is 1. The first-order chi connectivity index (χ1) is 8.15. The SMILES string of the molecule is COc1c(C2CCNCC2)cc(Br)c(F)c1F. The van der Waals surface area contributed by atoms with Crippen LogP contribution in [-0.4, -0.2) is 20.2 Å². The van der Waals surface area contributed by atoms with Crippen LogP contribution in [0.1, 0.15) is 24.3 Å². The average molecular weight is 306 g/mol. The minimum Gasteiger partial charge on any atom is -0.493 e. The first kappa shape index (κ1) is 12.8. The van der Waals surface area contributed by atoms with E-state index in [1.165, 1.54) is 7.11 Å². The van der Waals surface area contributed by atoms with Crippen molar-refractivity contribution in [2.75, 3.05) is 20.2 Å². The standard InChI is InChI=1S/C12H14BrF2NO/c1-17-12-8(7-2-4-16-5-3-7)6-9(13)10(14)11(12)15/h6-7,16H,2-5H2,1H3. The third-order valence-corrected chi connectivity index (χ3v) is 3.71. The van der Waals surface area contributed by atoms with Gasteiger partial charge in [0.15, 0.2) is 11.6 Å². The minimum atomic E-state index is -0.907. The first-order valence-electron chi connectivity index (χ1n) is 5.57. The molecular weight excluding hydrogens is 292 g/mol. The Labute approximate surface area is 107 Å². The number of hydrogen-bond donors (Lipinski definition) is 1. The molecule has 0 aliphatic carbocycles. The Hall–Kier alpha value is -0.680. The molecule has 94 valence electrons. The number of methoxy groups -OCH3 is 1. The van der Waals surface area contributed by atoms with Gasteiger partial charge in [0.2, 0.25) is 5.82 Å². The molecule has 1 aliphatic rings. The van der Waals surface area contributed by atoms with E-state index in [1.807, 2.05) is 0 Å². The average Bonchev–Trinajstić information content (AvgIpc) is 2.36. The predicted octanol–water partition coefficient (Wildman–Crippen LogP) is 3.20. The van der Waals surface area contributed by atoms with Crippen molar-refractivity contribution in [1.29, 1.82) is 0 Å². The maximum Gasteiger partial charge on any atom is 0.202 e. The molecular formula is C12H14BrF2NO. The molecule has 0 spiro atoms. The maximum absolute atomic E-state index is 13.7. The molecule has 2 nitrogen and oxygen atoms in total. The third-order valence-electron chi connectivity index (χ3n) is 3.13. The summed E-state index contributed by atoms with van der Waals surface area (Å²) in [6.45, 7) is 1.79. The van der Waals surface area contributed by atoms with Crippen molar-refractivity contribution < 1.29 is 13.5 Å². The normalized spacial score (nSPS) is 17.2. The van der Waals surface area contributed by atoms with Crippen LogP contribution in [0, 0.1) is 11.6 Å². The summed E-state index contributed by atoms with van der Waals surface area (Å²) >= 11 is 3.04. The van der Waals surface area contributed by atoms with E-state index in [9.17, 15) is 8.78 Å². The highest BCUT2D eigenvalue weighted by molar-refractivity contribution is 9.10. The molecule has 1 N–H and O–H groups in total. The number of rotatable bonds is 2. The molecule has 2 rings (SSSR count). The molecule has 0 atom stereocenters. The smallest absolute Gasteiger partial charge is 0.202 e. The van der Waals surface area contributed by atoms with Gasteiger partial charge >= 0.3 is 0 Å². The second kappa shape index (κ2) is 5.31. The Bertz CT molecular complexity index is 419. The van der Waals surface area contributed by atoms with Gasteiger partial charge in [0.25, 0.3) is 0 Å². The lowest BCUT2D eigenvalue weighted by Crippen LogP contribution is -2.27. The van der Waals surface area contributed by atoms with E-state index >= 15 is 0 Å². The summed E-state index contributed by atoms with van der Waals surface area (Å²) in [6.07, 6.45) is 1.82. The molecule has 1 fully saturated rings. The van der Waals surface area contributed by atoms with Gasteiger partial charge in [0.05, 0.1) is 11.6 Å². The molecule has 0 radical (unpaired) electrons. The minimum absolute atomic E-state index is 0.0394. The topological polar surface area (TPSA) is 21.3 Å². The van der Waals surface area contributed by atoms with Gasteiger partial charge in [-0.15, -0.1) is 0 Å². The Morgan fingerprint density at radius 3 is 2.53 bits per heavy atom. The Balaban J connectivity index is 2.44. The van der Waals surface area contributed by atoms with Crippen LogP contribution in [0.15, 0.2) is 10.5 Å². The van der Waals surface area contributed by atoms with Gasteiger partial charge in [-0.25, -0.2) is 4.39 Å². The van der Waals surface area contributed by atoms with Gasteiger partial charge in [-0.2, -0.15) is 4.39 Å². The van der Waals surface area contributed by atoms with E-state index in [-0.39, 0.29) is 16.1 Å². The van der Waals surface area contributed by atoms with Gasteiger partial charge in [-0.05, 0) is 53.8 Å². The van der Waals surface area contributed by atoms with E-state index in [1.54, 1.807) is 6.07 Å². The van der Waals surface area contributed by atoms with Crippen molar-refractivity contribution in [2.24, 2.45) is 0 Å². The maximum atomic E-state index is 13.7. The molecule has 1 aromatic carbocycles. The van der Waals surface area contributed by atoms with E-state index < -0.39 is 11.6 Å². The van der Waals surface area contributed by atoms with Crippen LogP contribution < -0.4 is 10.1 Å². The monoisotopic (exact) mass is 305 g/mol. The highest BCUT2D eigenvalue weighted by atomic mass is 79.9. The second-order valence-electron chi connectivity index (χ2n) is 4.13. The second-order valence-corrected chi connectivity index (χ2v) is 4.99. The summed E-state index contributed by atoms with van der Waals surface area (Å²) in [5, 5.41) is 3.24. The van der Waals surface area contributed by atoms with Crippen LogP contribution in [0.4, 0.5) is 8.78 Å². The van der Waals surface area contributed by atoms with Crippen LogP contribution in [-0.2, 0) is 0 Å². The van der Waals surface area contributed by atoms with Crippen LogP contribution in [0.25, 0.3) is 0 Å². The van der Waals surface area contributed by atoms with Crippen LogP contribution in [0.5, 0.6) is 5.75 Å². The third kappa shape index (κ3) is 2.45. The molecule has 5 heteroatoms. The van der Waals surface area contributed by atoms with Crippen molar-refractivity contribution in [3.05, 3.63) is 27.7 Å². The lowest BCUT2D eigenvalue weighted by atomic mass is 9.89.